The van der Waals surface area contributed by atoms with Crippen molar-refractivity contribution in [1.29, 1.82) is 0 Å². The van der Waals surface area contributed by atoms with E-state index in [2.05, 4.69) is 15.6 Å². The number of para-hydroxylation sites is 1. The molecule has 8 nitrogen and oxygen atoms in total. The van der Waals surface area contributed by atoms with Gasteiger partial charge in [0, 0.05) is 6.04 Å². The normalized spacial score (nSPS) is 14.8. The van der Waals surface area contributed by atoms with Gasteiger partial charge in [-0.25, -0.2) is 9.07 Å². The third-order valence-corrected chi connectivity index (χ3v) is 6.44. The number of furan rings is 1. The molecule has 1 aliphatic carbocycles. The van der Waals surface area contributed by atoms with Crippen molar-refractivity contribution in [3.05, 3.63) is 84.1 Å². The molecule has 2 aromatic heterocycles. The van der Waals surface area contributed by atoms with Crippen LogP contribution in [0, 0.1) is 5.82 Å². The first kappa shape index (κ1) is 22.8. The van der Waals surface area contributed by atoms with Crippen molar-refractivity contribution < 1.29 is 18.4 Å². The molecule has 9 heteroatoms. The molecule has 1 unspecified atom stereocenters. The summed E-state index contributed by atoms with van der Waals surface area (Å²) in [5.41, 5.74) is 1.99. The van der Waals surface area contributed by atoms with Gasteiger partial charge in [0.1, 0.15) is 29.7 Å². The van der Waals surface area contributed by atoms with Crippen molar-refractivity contribution in [2.24, 2.45) is 0 Å². The zero-order valence-corrected chi connectivity index (χ0v) is 19.1. The summed E-state index contributed by atoms with van der Waals surface area (Å²) in [6.45, 7) is 0.129. The number of benzene rings is 2. The van der Waals surface area contributed by atoms with Gasteiger partial charge in [-0.15, -0.1) is 5.10 Å². The smallest absolute Gasteiger partial charge is 0.247 e. The zero-order valence-electron chi connectivity index (χ0n) is 19.1. The number of fused-ring (bicyclic) bond motifs is 1. The van der Waals surface area contributed by atoms with Crippen LogP contribution in [0.4, 0.5) is 4.39 Å². The number of halogens is 1. The lowest BCUT2D eigenvalue weighted by Crippen LogP contribution is -2.49. The molecule has 1 aliphatic rings. The number of rotatable bonds is 8. The number of carbonyl (C=O) groups is 2. The Morgan fingerprint density at radius 3 is 2.60 bits per heavy atom. The summed E-state index contributed by atoms with van der Waals surface area (Å²) in [7, 11) is 0. The summed E-state index contributed by atoms with van der Waals surface area (Å²) < 4.78 is 20.6. The van der Waals surface area contributed by atoms with E-state index >= 15 is 0 Å². The largest absolute Gasteiger partial charge is 0.467 e. The quantitative estimate of drug-likeness (QED) is 0.416. The summed E-state index contributed by atoms with van der Waals surface area (Å²) in [5.74, 6) is -0.396. The van der Waals surface area contributed by atoms with Crippen LogP contribution < -0.4 is 5.32 Å². The van der Waals surface area contributed by atoms with Crippen molar-refractivity contribution in [1.82, 2.24) is 25.2 Å². The first-order valence-electron chi connectivity index (χ1n) is 11.7. The van der Waals surface area contributed by atoms with Gasteiger partial charge in [-0.2, -0.15) is 0 Å². The predicted molar refractivity (Wildman–Crippen MR) is 126 cm³/mol. The highest BCUT2D eigenvalue weighted by Gasteiger charge is 2.37. The van der Waals surface area contributed by atoms with E-state index < -0.39 is 11.9 Å². The van der Waals surface area contributed by atoms with Crippen molar-refractivity contribution in [3.8, 4) is 0 Å². The minimum Gasteiger partial charge on any atom is -0.467 e. The number of aromatic nitrogens is 3. The van der Waals surface area contributed by atoms with Crippen LogP contribution in [0.1, 0.15) is 43.0 Å². The Balaban J connectivity index is 1.48. The topological polar surface area (TPSA) is 93.3 Å². The van der Waals surface area contributed by atoms with Crippen molar-refractivity contribution in [2.45, 2.75) is 50.9 Å². The van der Waals surface area contributed by atoms with Gasteiger partial charge in [-0.05, 0) is 54.8 Å². The van der Waals surface area contributed by atoms with Crippen molar-refractivity contribution in [2.75, 3.05) is 0 Å². The van der Waals surface area contributed by atoms with Gasteiger partial charge in [0.15, 0.2) is 0 Å². The lowest BCUT2D eigenvalue weighted by atomic mass is 10.0. The standard InChI is InChI=1S/C26H26FN5O3/c27-19-13-11-18(12-14-19)25(26(34)28-16-21-8-5-15-35-21)32(20-6-1-2-7-20)24(33)17-31-23-10-4-3-9-22(23)29-30-31/h3-5,8-15,20,25H,1-2,6-7,16-17H2,(H,28,34). The van der Waals surface area contributed by atoms with Crippen LogP contribution in [-0.2, 0) is 22.7 Å². The molecule has 2 aromatic carbocycles. The number of nitrogens with zero attached hydrogens (tertiary/aromatic N) is 4. The molecule has 1 atom stereocenters. The Hall–Kier alpha value is -4.01. The fourth-order valence-electron chi connectivity index (χ4n) is 4.75. The van der Waals surface area contributed by atoms with Gasteiger partial charge in [0.25, 0.3) is 0 Å². The first-order valence-corrected chi connectivity index (χ1v) is 11.7. The molecule has 2 amide bonds. The number of hydrogen-bond donors (Lipinski definition) is 1. The highest BCUT2D eigenvalue weighted by atomic mass is 19.1. The molecular formula is C26H26FN5O3. The predicted octanol–water partition coefficient (Wildman–Crippen LogP) is 3.99. The maximum absolute atomic E-state index is 13.8. The SMILES string of the molecule is O=C(NCc1ccco1)C(c1ccc(F)cc1)N(C(=O)Cn1nnc2ccccc21)C1CCCC1. The van der Waals surface area contributed by atoms with E-state index in [1.54, 1.807) is 33.8 Å². The molecule has 0 bridgehead atoms. The maximum Gasteiger partial charge on any atom is 0.247 e. The third-order valence-electron chi connectivity index (χ3n) is 6.44. The molecular weight excluding hydrogens is 449 g/mol. The first-order chi connectivity index (χ1) is 17.1. The second kappa shape index (κ2) is 10.1. The maximum atomic E-state index is 13.8. The van der Waals surface area contributed by atoms with E-state index in [-0.39, 0.29) is 30.9 Å². The average Bonchev–Trinajstić information content (AvgIpc) is 3.65. The lowest BCUT2D eigenvalue weighted by molar-refractivity contribution is -0.144. The van der Waals surface area contributed by atoms with Gasteiger partial charge in [0.05, 0.1) is 18.3 Å². The van der Waals surface area contributed by atoms with Crippen LogP contribution in [0.2, 0.25) is 0 Å². The zero-order chi connectivity index (χ0) is 24.2. The van der Waals surface area contributed by atoms with Crippen LogP contribution in [0.5, 0.6) is 0 Å². The Morgan fingerprint density at radius 1 is 1.09 bits per heavy atom. The monoisotopic (exact) mass is 475 g/mol. The molecule has 180 valence electrons. The van der Waals surface area contributed by atoms with Gasteiger partial charge in [0.2, 0.25) is 11.8 Å². The second-order valence-electron chi connectivity index (χ2n) is 8.73. The van der Waals surface area contributed by atoms with Crippen LogP contribution in [-0.4, -0.2) is 37.7 Å². The minimum atomic E-state index is -0.920. The number of hydrogen-bond acceptors (Lipinski definition) is 5. The fraction of sp³-hybridized carbons (Fsp3) is 0.308. The summed E-state index contributed by atoms with van der Waals surface area (Å²) in [6, 6.07) is 15.6. The number of carbonyl (C=O) groups excluding carboxylic acids is 2. The minimum absolute atomic E-state index is 0.0554. The number of amides is 2. The van der Waals surface area contributed by atoms with E-state index in [0.717, 1.165) is 31.2 Å². The molecule has 1 fully saturated rings. The number of nitrogens with one attached hydrogen (secondary N) is 1. The third kappa shape index (κ3) is 4.94. The summed E-state index contributed by atoms with van der Waals surface area (Å²) >= 11 is 0. The highest BCUT2D eigenvalue weighted by Crippen LogP contribution is 2.32. The van der Waals surface area contributed by atoms with E-state index in [1.807, 2.05) is 24.3 Å². The van der Waals surface area contributed by atoms with Crippen LogP contribution >= 0.6 is 0 Å². The Bertz CT molecular complexity index is 1300. The van der Waals surface area contributed by atoms with Crippen molar-refractivity contribution >= 4 is 22.8 Å². The Morgan fingerprint density at radius 2 is 1.86 bits per heavy atom. The molecule has 0 radical (unpaired) electrons. The van der Waals surface area contributed by atoms with Gasteiger partial charge < -0.3 is 14.6 Å². The van der Waals surface area contributed by atoms with Crippen LogP contribution in [0.15, 0.2) is 71.3 Å². The molecule has 0 saturated heterocycles. The molecule has 0 spiro atoms. The van der Waals surface area contributed by atoms with Crippen LogP contribution in [0.25, 0.3) is 11.0 Å². The Kier molecular flexibility index (Phi) is 6.56. The molecule has 1 N–H and O–H groups in total. The lowest BCUT2D eigenvalue weighted by Gasteiger charge is -2.36. The van der Waals surface area contributed by atoms with E-state index in [1.165, 1.54) is 18.4 Å². The summed E-state index contributed by atoms with van der Waals surface area (Å²) in [5, 5.41) is 11.2. The molecule has 35 heavy (non-hydrogen) atoms. The van der Waals surface area contributed by atoms with Crippen molar-refractivity contribution in [3.63, 3.8) is 0 Å². The average molecular weight is 476 g/mol. The summed E-state index contributed by atoms with van der Waals surface area (Å²) in [4.78, 5) is 29.1. The van der Waals surface area contributed by atoms with Gasteiger partial charge in [-0.3, -0.25) is 9.59 Å². The van der Waals surface area contributed by atoms with E-state index in [9.17, 15) is 14.0 Å². The van der Waals surface area contributed by atoms with Gasteiger partial charge >= 0.3 is 0 Å². The molecule has 1 saturated carbocycles. The van der Waals surface area contributed by atoms with E-state index in [4.69, 9.17) is 4.42 Å². The van der Waals surface area contributed by atoms with Gasteiger partial charge in [-0.1, -0.05) is 42.3 Å². The highest BCUT2D eigenvalue weighted by molar-refractivity contribution is 5.89. The molecule has 4 aromatic rings. The fourth-order valence-corrected chi connectivity index (χ4v) is 4.75. The second-order valence-corrected chi connectivity index (χ2v) is 8.73. The molecule has 5 rings (SSSR count). The Labute approximate surface area is 201 Å². The van der Waals surface area contributed by atoms with Crippen LogP contribution in [0.3, 0.4) is 0 Å². The molecule has 0 aliphatic heterocycles. The van der Waals surface area contributed by atoms with E-state index in [0.29, 0.717) is 16.8 Å². The summed E-state index contributed by atoms with van der Waals surface area (Å²) in [6.07, 6.45) is 5.09. The molecule has 2 heterocycles.